The highest BCUT2D eigenvalue weighted by Gasteiger charge is 2.30. The van der Waals surface area contributed by atoms with Crippen LogP contribution >= 0.6 is 0 Å². The second kappa shape index (κ2) is 5.67. The number of hydrogen-bond donors (Lipinski definition) is 2. The van der Waals surface area contributed by atoms with E-state index in [1.54, 1.807) is 0 Å². The van der Waals surface area contributed by atoms with Crippen LogP contribution in [0.3, 0.4) is 0 Å². The first-order valence-electron chi connectivity index (χ1n) is 6.43. The van der Waals surface area contributed by atoms with Crippen molar-refractivity contribution in [3.8, 4) is 0 Å². The molecule has 0 spiro atoms. The highest BCUT2D eigenvalue weighted by Crippen LogP contribution is 2.25. The fourth-order valence-electron chi connectivity index (χ4n) is 2.46. The van der Waals surface area contributed by atoms with Gasteiger partial charge >= 0.3 is 0 Å². The lowest BCUT2D eigenvalue weighted by atomic mass is 9.83. The van der Waals surface area contributed by atoms with Crippen molar-refractivity contribution in [3.05, 3.63) is 0 Å². The summed E-state index contributed by atoms with van der Waals surface area (Å²) in [6.07, 6.45) is 3.07. The van der Waals surface area contributed by atoms with E-state index in [0.717, 1.165) is 32.4 Å². The molecule has 0 unspecified atom stereocenters. The Morgan fingerprint density at radius 2 is 1.94 bits per heavy atom. The molecule has 2 N–H and O–H groups in total. The molecular formula is C13H26N2O. The molecule has 16 heavy (non-hydrogen) atoms. The Labute approximate surface area is 99.4 Å². The summed E-state index contributed by atoms with van der Waals surface area (Å²) in [7, 11) is 0. The number of rotatable bonds is 4. The Morgan fingerprint density at radius 3 is 2.44 bits per heavy atom. The molecule has 1 amide bonds. The van der Waals surface area contributed by atoms with Crippen LogP contribution in [0, 0.1) is 11.3 Å². The van der Waals surface area contributed by atoms with Gasteiger partial charge in [0, 0.05) is 11.5 Å². The second-order valence-corrected chi connectivity index (χ2v) is 5.98. The van der Waals surface area contributed by atoms with E-state index in [2.05, 4.69) is 24.5 Å². The third-order valence-corrected chi connectivity index (χ3v) is 3.21. The SMILES string of the molecule is CC(C)CC(C)(C)C(=O)NC1CCNCC1. The number of hydrogen-bond acceptors (Lipinski definition) is 2. The van der Waals surface area contributed by atoms with Crippen LogP contribution in [-0.2, 0) is 4.79 Å². The Bertz CT molecular complexity index is 230. The van der Waals surface area contributed by atoms with Gasteiger partial charge in [-0.3, -0.25) is 4.79 Å². The highest BCUT2D eigenvalue weighted by atomic mass is 16.2. The zero-order valence-electron chi connectivity index (χ0n) is 11.1. The lowest BCUT2D eigenvalue weighted by Crippen LogP contribution is -2.47. The summed E-state index contributed by atoms with van der Waals surface area (Å²) in [5, 5.41) is 6.49. The first-order valence-corrected chi connectivity index (χ1v) is 6.43. The molecule has 1 rings (SSSR count). The third kappa shape index (κ3) is 4.12. The lowest BCUT2D eigenvalue weighted by molar-refractivity contribution is -0.131. The molecule has 0 aliphatic carbocycles. The maximum atomic E-state index is 12.1. The van der Waals surface area contributed by atoms with Gasteiger partial charge in [0.05, 0.1) is 0 Å². The van der Waals surface area contributed by atoms with Gasteiger partial charge in [0.25, 0.3) is 0 Å². The number of nitrogens with one attached hydrogen (secondary N) is 2. The predicted molar refractivity (Wildman–Crippen MR) is 67.3 cm³/mol. The van der Waals surface area contributed by atoms with Crippen LogP contribution in [-0.4, -0.2) is 25.0 Å². The van der Waals surface area contributed by atoms with E-state index in [4.69, 9.17) is 0 Å². The molecule has 0 aromatic rings. The number of piperidine rings is 1. The van der Waals surface area contributed by atoms with Gasteiger partial charge in [-0.15, -0.1) is 0 Å². The van der Waals surface area contributed by atoms with Gasteiger partial charge in [-0.05, 0) is 38.3 Å². The molecule has 1 aliphatic heterocycles. The van der Waals surface area contributed by atoms with Crippen molar-refractivity contribution in [2.45, 2.75) is 53.0 Å². The van der Waals surface area contributed by atoms with Gasteiger partial charge in [-0.2, -0.15) is 0 Å². The van der Waals surface area contributed by atoms with Gasteiger partial charge in [-0.1, -0.05) is 27.7 Å². The minimum absolute atomic E-state index is 0.216. The number of carbonyl (C=O) groups excluding carboxylic acids is 1. The fraction of sp³-hybridized carbons (Fsp3) is 0.923. The van der Waals surface area contributed by atoms with Crippen molar-refractivity contribution in [2.75, 3.05) is 13.1 Å². The molecule has 1 saturated heterocycles. The molecule has 0 bridgehead atoms. The highest BCUT2D eigenvalue weighted by molar-refractivity contribution is 5.82. The van der Waals surface area contributed by atoms with Crippen LogP contribution in [0.4, 0.5) is 0 Å². The quantitative estimate of drug-likeness (QED) is 0.769. The van der Waals surface area contributed by atoms with E-state index < -0.39 is 0 Å². The van der Waals surface area contributed by atoms with Crippen molar-refractivity contribution in [1.29, 1.82) is 0 Å². The fourth-order valence-corrected chi connectivity index (χ4v) is 2.46. The van der Waals surface area contributed by atoms with Gasteiger partial charge in [0.1, 0.15) is 0 Å². The Balaban J connectivity index is 2.43. The second-order valence-electron chi connectivity index (χ2n) is 5.98. The van der Waals surface area contributed by atoms with Crippen LogP contribution in [0.15, 0.2) is 0 Å². The summed E-state index contributed by atoms with van der Waals surface area (Å²) in [4.78, 5) is 12.1. The molecule has 94 valence electrons. The monoisotopic (exact) mass is 226 g/mol. The minimum atomic E-state index is -0.237. The van der Waals surface area contributed by atoms with Gasteiger partial charge in [-0.25, -0.2) is 0 Å². The van der Waals surface area contributed by atoms with Crippen molar-refractivity contribution in [1.82, 2.24) is 10.6 Å². The lowest BCUT2D eigenvalue weighted by Gasteiger charge is -2.30. The minimum Gasteiger partial charge on any atom is -0.353 e. The normalized spacial score (nSPS) is 18.8. The van der Waals surface area contributed by atoms with Crippen LogP contribution in [0.1, 0.15) is 47.0 Å². The maximum absolute atomic E-state index is 12.1. The maximum Gasteiger partial charge on any atom is 0.225 e. The molecule has 0 radical (unpaired) electrons. The number of amides is 1. The summed E-state index contributed by atoms with van der Waals surface area (Å²) in [5.74, 6) is 0.780. The molecule has 3 nitrogen and oxygen atoms in total. The van der Waals surface area contributed by atoms with Crippen LogP contribution in [0.25, 0.3) is 0 Å². The summed E-state index contributed by atoms with van der Waals surface area (Å²) in [5.41, 5.74) is -0.237. The molecule has 0 aromatic heterocycles. The van der Waals surface area contributed by atoms with Crippen LogP contribution in [0.5, 0.6) is 0 Å². The standard InChI is InChI=1S/C13H26N2O/c1-10(2)9-13(3,4)12(16)15-11-5-7-14-8-6-11/h10-11,14H,5-9H2,1-4H3,(H,15,16). The number of carbonyl (C=O) groups is 1. The summed E-state index contributed by atoms with van der Waals surface area (Å²) < 4.78 is 0. The summed E-state index contributed by atoms with van der Waals surface area (Å²) >= 11 is 0. The first kappa shape index (κ1) is 13.5. The van der Waals surface area contributed by atoms with Crippen molar-refractivity contribution in [2.24, 2.45) is 11.3 Å². The van der Waals surface area contributed by atoms with Gasteiger partial charge in [0.2, 0.25) is 5.91 Å². The van der Waals surface area contributed by atoms with E-state index in [0.29, 0.717) is 12.0 Å². The average molecular weight is 226 g/mol. The van der Waals surface area contributed by atoms with E-state index in [1.165, 1.54) is 0 Å². The molecule has 0 aromatic carbocycles. The molecule has 1 fully saturated rings. The van der Waals surface area contributed by atoms with Gasteiger partial charge in [0.15, 0.2) is 0 Å². The van der Waals surface area contributed by atoms with Gasteiger partial charge < -0.3 is 10.6 Å². The van der Waals surface area contributed by atoms with Crippen molar-refractivity contribution < 1.29 is 4.79 Å². The first-order chi connectivity index (χ1) is 7.42. The Hall–Kier alpha value is -0.570. The Kier molecular flexibility index (Phi) is 4.78. The third-order valence-electron chi connectivity index (χ3n) is 3.21. The molecule has 3 heteroatoms. The van der Waals surface area contributed by atoms with Crippen molar-refractivity contribution >= 4 is 5.91 Å². The smallest absolute Gasteiger partial charge is 0.225 e. The molecule has 1 heterocycles. The molecule has 1 aliphatic rings. The van der Waals surface area contributed by atoms with E-state index in [9.17, 15) is 4.79 Å². The van der Waals surface area contributed by atoms with Crippen LogP contribution in [0.2, 0.25) is 0 Å². The van der Waals surface area contributed by atoms with Crippen LogP contribution < -0.4 is 10.6 Å². The molecule has 0 saturated carbocycles. The molecular weight excluding hydrogens is 200 g/mol. The van der Waals surface area contributed by atoms with E-state index >= 15 is 0 Å². The summed E-state index contributed by atoms with van der Waals surface area (Å²) in [6.45, 7) is 10.5. The average Bonchev–Trinajstić information content (AvgIpc) is 2.17. The zero-order valence-corrected chi connectivity index (χ0v) is 11.1. The van der Waals surface area contributed by atoms with Crippen molar-refractivity contribution in [3.63, 3.8) is 0 Å². The van der Waals surface area contributed by atoms with E-state index in [1.807, 2.05) is 13.8 Å². The van der Waals surface area contributed by atoms with E-state index in [-0.39, 0.29) is 11.3 Å². The Morgan fingerprint density at radius 1 is 1.38 bits per heavy atom. The molecule has 0 atom stereocenters. The largest absolute Gasteiger partial charge is 0.353 e. The topological polar surface area (TPSA) is 41.1 Å². The predicted octanol–water partition coefficient (Wildman–Crippen LogP) is 1.93. The zero-order chi connectivity index (χ0) is 12.2. The summed E-state index contributed by atoms with van der Waals surface area (Å²) in [6, 6.07) is 0.375.